The third-order valence-corrected chi connectivity index (χ3v) is 5.19. The normalized spacial score (nSPS) is 23.7. The number of rotatable bonds is 7. The van der Waals surface area contributed by atoms with Gasteiger partial charge in [-0.3, -0.25) is 9.88 Å². The lowest BCUT2D eigenvalue weighted by Crippen LogP contribution is -2.53. The van der Waals surface area contributed by atoms with Gasteiger partial charge in [-0.2, -0.15) is 0 Å². The molecule has 1 aromatic rings. The van der Waals surface area contributed by atoms with E-state index in [1.54, 1.807) is 0 Å². The van der Waals surface area contributed by atoms with Crippen molar-refractivity contribution in [3.63, 3.8) is 0 Å². The van der Waals surface area contributed by atoms with Crippen LogP contribution in [0.1, 0.15) is 39.3 Å². The van der Waals surface area contributed by atoms with Crippen LogP contribution < -0.4 is 10.6 Å². The van der Waals surface area contributed by atoms with Gasteiger partial charge in [0.05, 0.1) is 11.8 Å². The van der Waals surface area contributed by atoms with Gasteiger partial charge < -0.3 is 15.7 Å². The van der Waals surface area contributed by atoms with Crippen molar-refractivity contribution in [2.24, 2.45) is 11.8 Å². The Labute approximate surface area is 151 Å². The summed E-state index contributed by atoms with van der Waals surface area (Å²) in [7, 11) is 0. The zero-order valence-electron chi connectivity index (χ0n) is 15.6. The molecule has 0 bridgehead atoms. The highest BCUT2D eigenvalue weighted by atomic mass is 16.3. The molecule has 0 radical (unpaired) electrons. The average Bonchev–Trinajstić information content (AvgIpc) is 2.62. The third-order valence-electron chi connectivity index (χ3n) is 5.19. The number of hydrogen-bond acceptors (Lipinski definition) is 4. The summed E-state index contributed by atoms with van der Waals surface area (Å²) in [5.74, 6) is 0.566. The first-order valence-electron chi connectivity index (χ1n) is 9.34. The Morgan fingerprint density at radius 1 is 1.48 bits per heavy atom. The van der Waals surface area contributed by atoms with Gasteiger partial charge in [0.25, 0.3) is 0 Å². The van der Waals surface area contributed by atoms with Crippen LogP contribution in [0.3, 0.4) is 0 Å². The van der Waals surface area contributed by atoms with E-state index >= 15 is 0 Å². The first-order valence-corrected chi connectivity index (χ1v) is 9.34. The second-order valence-electron chi connectivity index (χ2n) is 7.24. The number of carbonyl (C=O) groups is 1. The van der Waals surface area contributed by atoms with Crippen molar-refractivity contribution >= 4 is 6.03 Å². The maximum absolute atomic E-state index is 12.1. The lowest BCUT2D eigenvalue weighted by Gasteiger charge is -2.37. The summed E-state index contributed by atoms with van der Waals surface area (Å²) in [6, 6.07) is 5.97. The molecule has 25 heavy (non-hydrogen) atoms. The van der Waals surface area contributed by atoms with Gasteiger partial charge in [-0.25, -0.2) is 4.79 Å². The number of carbonyl (C=O) groups excluding carboxylic acids is 1. The van der Waals surface area contributed by atoms with Crippen molar-refractivity contribution in [2.75, 3.05) is 19.6 Å². The molecule has 1 fully saturated rings. The second kappa shape index (κ2) is 9.73. The molecular weight excluding hydrogens is 316 g/mol. The van der Waals surface area contributed by atoms with Crippen LogP contribution in [-0.4, -0.2) is 52.8 Å². The minimum Gasteiger partial charge on any atom is -0.391 e. The number of likely N-dealkylation sites (tertiary alicyclic amines) is 1. The van der Waals surface area contributed by atoms with Crippen molar-refractivity contribution in [1.29, 1.82) is 0 Å². The predicted molar refractivity (Wildman–Crippen MR) is 99.1 cm³/mol. The van der Waals surface area contributed by atoms with E-state index in [9.17, 15) is 9.90 Å². The molecule has 1 aromatic heterocycles. The molecule has 2 rings (SSSR count). The molecular formula is C19H32N4O2. The zero-order valence-corrected chi connectivity index (χ0v) is 15.6. The molecule has 1 saturated heterocycles. The summed E-state index contributed by atoms with van der Waals surface area (Å²) in [6.07, 6.45) is 3.16. The monoisotopic (exact) mass is 348 g/mol. The highest BCUT2D eigenvalue weighted by Gasteiger charge is 2.27. The second-order valence-corrected chi connectivity index (χ2v) is 7.24. The Morgan fingerprint density at radius 3 is 2.92 bits per heavy atom. The van der Waals surface area contributed by atoms with E-state index in [1.165, 1.54) is 0 Å². The number of urea groups is 1. The van der Waals surface area contributed by atoms with E-state index in [-0.39, 0.29) is 18.0 Å². The van der Waals surface area contributed by atoms with Gasteiger partial charge in [-0.15, -0.1) is 0 Å². The van der Waals surface area contributed by atoms with Crippen LogP contribution in [0.4, 0.5) is 4.79 Å². The smallest absolute Gasteiger partial charge is 0.315 e. The van der Waals surface area contributed by atoms with Gasteiger partial charge in [-0.05, 0) is 30.4 Å². The Hall–Kier alpha value is -1.66. The average molecular weight is 348 g/mol. The highest BCUT2D eigenvalue weighted by molar-refractivity contribution is 5.74. The zero-order chi connectivity index (χ0) is 18.2. The summed E-state index contributed by atoms with van der Waals surface area (Å²) in [5.41, 5.74) is 1.08. The van der Waals surface area contributed by atoms with Gasteiger partial charge >= 0.3 is 6.03 Å². The van der Waals surface area contributed by atoms with E-state index in [1.807, 2.05) is 38.2 Å². The minimum absolute atomic E-state index is 0.167. The molecule has 1 aliphatic heterocycles. The van der Waals surface area contributed by atoms with E-state index in [4.69, 9.17) is 0 Å². The lowest BCUT2D eigenvalue weighted by atomic mass is 9.94. The first kappa shape index (κ1) is 19.7. The van der Waals surface area contributed by atoms with Crippen molar-refractivity contribution in [2.45, 2.75) is 52.3 Å². The standard InChI is InChI=1S/C19H32N4O2/c1-4-14(2)18(24)11-21-19(25)22-17-8-10-23(12-15(17)3)13-16-7-5-6-9-20-16/h5-7,9,14-15,17-18,24H,4,8,10-13H2,1-3H3,(H2,21,22,25). The van der Waals surface area contributed by atoms with E-state index in [2.05, 4.69) is 27.4 Å². The lowest BCUT2D eigenvalue weighted by molar-refractivity contribution is 0.112. The number of nitrogens with one attached hydrogen (secondary N) is 2. The number of hydrogen-bond donors (Lipinski definition) is 3. The number of aliphatic hydroxyl groups is 1. The summed E-state index contributed by atoms with van der Waals surface area (Å²) < 4.78 is 0. The van der Waals surface area contributed by atoms with Gasteiger partial charge in [0.1, 0.15) is 0 Å². The topological polar surface area (TPSA) is 77.5 Å². The Morgan fingerprint density at radius 2 is 2.28 bits per heavy atom. The summed E-state index contributed by atoms with van der Waals surface area (Å²) in [4.78, 5) is 18.9. The van der Waals surface area contributed by atoms with Crippen LogP contribution in [0.15, 0.2) is 24.4 Å². The molecule has 6 nitrogen and oxygen atoms in total. The summed E-state index contributed by atoms with van der Waals surface area (Å²) in [6.45, 7) is 9.23. The number of aromatic nitrogens is 1. The van der Waals surface area contributed by atoms with Gasteiger partial charge in [0.15, 0.2) is 0 Å². The van der Waals surface area contributed by atoms with Crippen molar-refractivity contribution < 1.29 is 9.90 Å². The van der Waals surface area contributed by atoms with Crippen LogP contribution in [0, 0.1) is 11.8 Å². The molecule has 6 heteroatoms. The molecule has 4 unspecified atom stereocenters. The Balaban J connectivity index is 1.72. The molecule has 0 spiro atoms. The summed E-state index contributed by atoms with van der Waals surface area (Å²) >= 11 is 0. The molecule has 1 aliphatic rings. The van der Waals surface area contributed by atoms with Crippen LogP contribution in [0.25, 0.3) is 0 Å². The molecule has 0 aromatic carbocycles. The van der Waals surface area contributed by atoms with Crippen LogP contribution in [-0.2, 0) is 6.54 Å². The maximum Gasteiger partial charge on any atom is 0.315 e. The molecule has 0 aliphatic carbocycles. The molecule has 3 N–H and O–H groups in total. The summed E-state index contributed by atoms with van der Waals surface area (Å²) in [5, 5.41) is 15.8. The van der Waals surface area contributed by atoms with Crippen molar-refractivity contribution in [3.8, 4) is 0 Å². The maximum atomic E-state index is 12.1. The van der Waals surface area contributed by atoms with Gasteiger partial charge in [0, 0.05) is 38.4 Å². The fourth-order valence-corrected chi connectivity index (χ4v) is 3.20. The highest BCUT2D eigenvalue weighted by Crippen LogP contribution is 2.18. The van der Waals surface area contributed by atoms with Gasteiger partial charge in [-0.1, -0.05) is 33.3 Å². The molecule has 2 heterocycles. The van der Waals surface area contributed by atoms with Crippen molar-refractivity contribution in [1.82, 2.24) is 20.5 Å². The molecule has 4 atom stereocenters. The Bertz CT molecular complexity index is 525. The number of piperidine rings is 1. The fourth-order valence-electron chi connectivity index (χ4n) is 3.20. The van der Waals surface area contributed by atoms with Crippen molar-refractivity contribution in [3.05, 3.63) is 30.1 Å². The molecule has 2 amide bonds. The number of nitrogens with zero attached hydrogens (tertiary/aromatic N) is 2. The predicted octanol–water partition coefficient (Wildman–Crippen LogP) is 2.00. The fraction of sp³-hybridized carbons (Fsp3) is 0.684. The van der Waals surface area contributed by atoms with Crippen LogP contribution in [0.2, 0.25) is 0 Å². The SMILES string of the molecule is CCC(C)C(O)CNC(=O)NC1CCN(Cc2ccccn2)CC1C. The minimum atomic E-state index is -0.492. The number of pyridine rings is 1. The van der Waals surface area contributed by atoms with E-state index < -0.39 is 6.10 Å². The molecule has 0 saturated carbocycles. The van der Waals surface area contributed by atoms with E-state index in [0.717, 1.165) is 38.2 Å². The van der Waals surface area contributed by atoms with Crippen LogP contribution >= 0.6 is 0 Å². The molecule has 140 valence electrons. The van der Waals surface area contributed by atoms with Crippen LogP contribution in [0.5, 0.6) is 0 Å². The number of amides is 2. The number of aliphatic hydroxyl groups excluding tert-OH is 1. The van der Waals surface area contributed by atoms with E-state index in [0.29, 0.717) is 12.5 Å². The third kappa shape index (κ3) is 6.29. The van der Waals surface area contributed by atoms with Gasteiger partial charge in [0.2, 0.25) is 0 Å². The largest absolute Gasteiger partial charge is 0.391 e. The Kier molecular flexibility index (Phi) is 7.65. The first-order chi connectivity index (χ1) is 12.0. The quantitative estimate of drug-likeness (QED) is 0.704.